The number of nitrogens with one attached hydrogen (secondary N) is 1. The smallest absolute Gasteiger partial charge is 0.255 e. The lowest BCUT2D eigenvalue weighted by atomic mass is 10.1. The van der Waals surface area contributed by atoms with Crippen molar-refractivity contribution >= 4 is 21.6 Å². The van der Waals surface area contributed by atoms with Crippen LogP contribution in [-0.2, 0) is 16.4 Å². The Morgan fingerprint density at radius 3 is 2.21 bits per heavy atom. The zero-order chi connectivity index (χ0) is 20.7. The average Bonchev–Trinajstić information content (AvgIpc) is 2.68. The van der Waals surface area contributed by atoms with Crippen LogP contribution >= 0.6 is 0 Å². The predicted octanol–water partition coefficient (Wildman–Crippen LogP) is 3.07. The minimum absolute atomic E-state index is 0.128. The number of likely N-dealkylation sites (N-methyl/N-ethyl adjacent to an activating group) is 1. The molecule has 0 aliphatic rings. The minimum atomic E-state index is -3.60. The lowest BCUT2D eigenvalue weighted by Gasteiger charge is -2.18. The summed E-state index contributed by atoms with van der Waals surface area (Å²) in [6.45, 7) is 5.31. The lowest BCUT2D eigenvalue weighted by molar-refractivity contribution is 0.102. The Balaban J connectivity index is 2.13. The normalized spacial score (nSPS) is 11.8. The Hall–Kier alpha value is -2.22. The van der Waals surface area contributed by atoms with Crippen molar-refractivity contribution in [2.75, 3.05) is 39.0 Å². The van der Waals surface area contributed by atoms with E-state index in [0.717, 1.165) is 13.0 Å². The second kappa shape index (κ2) is 9.82. The molecule has 0 unspecified atom stereocenters. The Labute approximate surface area is 168 Å². The van der Waals surface area contributed by atoms with E-state index in [2.05, 4.69) is 10.2 Å². The zero-order valence-electron chi connectivity index (χ0n) is 17.0. The number of sulfonamides is 1. The van der Waals surface area contributed by atoms with Crippen LogP contribution in [-0.4, -0.2) is 57.3 Å². The quantitative estimate of drug-likeness (QED) is 0.699. The summed E-state index contributed by atoms with van der Waals surface area (Å²) in [5.41, 5.74) is 2.18. The number of anilines is 1. The standard InChI is InChI=1S/C21H29N3O3S/c1-5-24(6-2)28(26,27)20-9-7-8-18(16-20)21(25)22-19-12-10-17(11-13-19)14-15-23(3)4/h7-13,16H,5-6,14-15H2,1-4H3,(H,22,25). The summed E-state index contributed by atoms with van der Waals surface area (Å²) in [7, 11) is 0.462. The van der Waals surface area contributed by atoms with Crippen molar-refractivity contribution in [3.05, 3.63) is 59.7 Å². The van der Waals surface area contributed by atoms with Crippen LogP contribution in [0.4, 0.5) is 5.69 Å². The molecule has 2 aromatic carbocycles. The van der Waals surface area contributed by atoms with Crippen LogP contribution < -0.4 is 5.32 Å². The Morgan fingerprint density at radius 1 is 1.00 bits per heavy atom. The third kappa shape index (κ3) is 5.64. The van der Waals surface area contributed by atoms with E-state index >= 15 is 0 Å². The summed E-state index contributed by atoms with van der Waals surface area (Å²) >= 11 is 0. The van der Waals surface area contributed by atoms with E-state index in [9.17, 15) is 13.2 Å². The SMILES string of the molecule is CCN(CC)S(=O)(=O)c1cccc(C(=O)Nc2ccc(CCN(C)C)cc2)c1. The minimum Gasteiger partial charge on any atom is -0.322 e. The molecular weight excluding hydrogens is 374 g/mol. The van der Waals surface area contributed by atoms with Crippen LogP contribution in [0, 0.1) is 0 Å². The molecule has 0 bridgehead atoms. The van der Waals surface area contributed by atoms with Crippen LogP contribution in [0.1, 0.15) is 29.8 Å². The fourth-order valence-electron chi connectivity index (χ4n) is 2.82. The average molecular weight is 404 g/mol. The summed E-state index contributed by atoms with van der Waals surface area (Å²) in [4.78, 5) is 14.8. The van der Waals surface area contributed by atoms with Crippen molar-refractivity contribution in [2.45, 2.75) is 25.2 Å². The van der Waals surface area contributed by atoms with Gasteiger partial charge >= 0.3 is 0 Å². The molecule has 28 heavy (non-hydrogen) atoms. The molecule has 0 aliphatic heterocycles. The first-order valence-corrected chi connectivity index (χ1v) is 10.9. The van der Waals surface area contributed by atoms with E-state index in [0.29, 0.717) is 24.3 Å². The summed E-state index contributed by atoms with van der Waals surface area (Å²) in [5, 5.41) is 2.83. The molecule has 0 fully saturated rings. The monoisotopic (exact) mass is 403 g/mol. The molecule has 1 amide bonds. The van der Waals surface area contributed by atoms with Crippen LogP contribution in [0.2, 0.25) is 0 Å². The Bertz CT molecular complexity index is 889. The van der Waals surface area contributed by atoms with Crippen molar-refractivity contribution < 1.29 is 13.2 Å². The van der Waals surface area contributed by atoms with E-state index in [4.69, 9.17) is 0 Å². The van der Waals surface area contributed by atoms with Crippen LogP contribution in [0.5, 0.6) is 0 Å². The van der Waals surface area contributed by atoms with Gasteiger partial charge in [0.15, 0.2) is 0 Å². The van der Waals surface area contributed by atoms with Crippen molar-refractivity contribution in [1.82, 2.24) is 9.21 Å². The lowest BCUT2D eigenvalue weighted by Crippen LogP contribution is -2.30. The fourth-order valence-corrected chi connectivity index (χ4v) is 4.33. The molecule has 0 heterocycles. The van der Waals surface area contributed by atoms with E-state index in [1.54, 1.807) is 26.0 Å². The highest BCUT2D eigenvalue weighted by Crippen LogP contribution is 2.18. The number of amides is 1. The van der Waals surface area contributed by atoms with Gasteiger partial charge in [0.05, 0.1) is 4.90 Å². The van der Waals surface area contributed by atoms with Crippen LogP contribution in [0.15, 0.2) is 53.4 Å². The van der Waals surface area contributed by atoms with Gasteiger partial charge in [0.2, 0.25) is 10.0 Å². The van der Waals surface area contributed by atoms with E-state index in [-0.39, 0.29) is 10.8 Å². The first-order chi connectivity index (χ1) is 13.3. The Kier molecular flexibility index (Phi) is 7.74. The molecule has 0 atom stereocenters. The van der Waals surface area contributed by atoms with Gasteiger partial charge in [-0.15, -0.1) is 0 Å². The summed E-state index contributed by atoms with van der Waals surface area (Å²) in [6.07, 6.45) is 0.937. The van der Waals surface area contributed by atoms with Gasteiger partial charge in [-0.3, -0.25) is 4.79 Å². The highest BCUT2D eigenvalue weighted by atomic mass is 32.2. The number of carbonyl (C=O) groups excluding carboxylic acids is 1. The second-order valence-electron chi connectivity index (χ2n) is 6.82. The molecule has 0 radical (unpaired) electrons. The highest BCUT2D eigenvalue weighted by Gasteiger charge is 2.22. The summed E-state index contributed by atoms with van der Waals surface area (Å²) in [5.74, 6) is -0.336. The van der Waals surface area contributed by atoms with Crippen molar-refractivity contribution in [1.29, 1.82) is 0 Å². The van der Waals surface area contributed by atoms with Gasteiger partial charge in [-0.25, -0.2) is 8.42 Å². The van der Waals surface area contributed by atoms with Gasteiger partial charge in [-0.1, -0.05) is 32.0 Å². The first-order valence-electron chi connectivity index (χ1n) is 9.43. The van der Waals surface area contributed by atoms with Gasteiger partial charge in [0.1, 0.15) is 0 Å². The Morgan fingerprint density at radius 2 is 1.64 bits per heavy atom. The number of nitrogens with zero attached hydrogens (tertiary/aromatic N) is 2. The number of hydrogen-bond acceptors (Lipinski definition) is 4. The zero-order valence-corrected chi connectivity index (χ0v) is 17.8. The van der Waals surface area contributed by atoms with E-state index < -0.39 is 10.0 Å². The topological polar surface area (TPSA) is 69.7 Å². The molecule has 2 aromatic rings. The molecule has 152 valence electrons. The third-order valence-corrected chi connectivity index (χ3v) is 6.54. The molecule has 0 spiro atoms. The van der Waals surface area contributed by atoms with Gasteiger partial charge in [-0.05, 0) is 56.4 Å². The summed E-state index contributed by atoms with van der Waals surface area (Å²) in [6, 6.07) is 13.8. The first kappa shape index (κ1) is 22.1. The number of hydrogen-bond donors (Lipinski definition) is 1. The molecular formula is C21H29N3O3S. The highest BCUT2D eigenvalue weighted by molar-refractivity contribution is 7.89. The molecule has 6 nitrogen and oxygen atoms in total. The van der Waals surface area contributed by atoms with Gasteiger partial charge < -0.3 is 10.2 Å². The fraction of sp³-hybridized carbons (Fsp3) is 0.381. The maximum atomic E-state index is 12.7. The van der Waals surface area contributed by atoms with Gasteiger partial charge in [-0.2, -0.15) is 4.31 Å². The number of benzene rings is 2. The van der Waals surface area contributed by atoms with Crippen molar-refractivity contribution in [2.24, 2.45) is 0 Å². The predicted molar refractivity (Wildman–Crippen MR) is 113 cm³/mol. The van der Waals surface area contributed by atoms with Crippen LogP contribution in [0.25, 0.3) is 0 Å². The summed E-state index contributed by atoms with van der Waals surface area (Å²) < 4.78 is 26.7. The van der Waals surface area contributed by atoms with E-state index in [1.165, 1.54) is 22.0 Å². The van der Waals surface area contributed by atoms with E-state index in [1.807, 2.05) is 38.4 Å². The van der Waals surface area contributed by atoms with Gasteiger partial charge in [0, 0.05) is 30.9 Å². The number of carbonyl (C=O) groups is 1. The number of rotatable bonds is 9. The van der Waals surface area contributed by atoms with Crippen LogP contribution in [0.3, 0.4) is 0 Å². The largest absolute Gasteiger partial charge is 0.322 e. The van der Waals surface area contributed by atoms with Crippen molar-refractivity contribution in [3.8, 4) is 0 Å². The second-order valence-corrected chi connectivity index (χ2v) is 8.76. The molecule has 1 N–H and O–H groups in total. The molecule has 0 saturated carbocycles. The molecule has 0 aliphatic carbocycles. The maximum Gasteiger partial charge on any atom is 0.255 e. The molecule has 0 aromatic heterocycles. The van der Waals surface area contributed by atoms with Crippen molar-refractivity contribution in [3.63, 3.8) is 0 Å². The third-order valence-electron chi connectivity index (χ3n) is 4.50. The molecule has 7 heteroatoms. The molecule has 0 saturated heterocycles. The van der Waals surface area contributed by atoms with Gasteiger partial charge in [0.25, 0.3) is 5.91 Å². The molecule has 2 rings (SSSR count). The maximum absolute atomic E-state index is 12.7.